The molecule has 0 atom stereocenters. The molecular weight excluding hydrogens is 384 g/mol. The van der Waals surface area contributed by atoms with Crippen molar-refractivity contribution in [2.75, 3.05) is 31.2 Å². The van der Waals surface area contributed by atoms with Crippen LogP contribution in [-0.4, -0.2) is 41.1 Å². The van der Waals surface area contributed by atoms with Crippen molar-refractivity contribution in [3.8, 4) is 0 Å². The van der Waals surface area contributed by atoms with Gasteiger partial charge in [-0.15, -0.1) is 10.2 Å². The maximum absolute atomic E-state index is 5.59. The predicted octanol–water partition coefficient (Wildman–Crippen LogP) is 4.20. The Morgan fingerprint density at radius 1 is 0.931 bits per heavy atom. The molecule has 4 aromatic rings. The number of morpholine rings is 1. The molecule has 0 unspecified atom stereocenters. The monoisotopic (exact) mass is 406 g/mol. The van der Waals surface area contributed by atoms with Crippen LogP contribution >= 0.6 is 11.8 Å². The third kappa shape index (κ3) is 4.02. The third-order valence-corrected chi connectivity index (χ3v) is 6.11. The van der Waals surface area contributed by atoms with Gasteiger partial charge in [-0.05, 0) is 28.5 Å². The Balaban J connectivity index is 1.39. The normalized spacial score (nSPS) is 14.6. The molecule has 148 valence electrons. The van der Waals surface area contributed by atoms with E-state index in [2.05, 4.69) is 62.1 Å². The van der Waals surface area contributed by atoms with Crippen molar-refractivity contribution in [2.24, 2.45) is 0 Å². The van der Waals surface area contributed by atoms with Crippen LogP contribution in [-0.2, 0) is 17.0 Å². The van der Waals surface area contributed by atoms with Crippen LogP contribution < -0.4 is 4.90 Å². The summed E-state index contributed by atoms with van der Waals surface area (Å²) >= 11 is 1.71. The Labute approximate surface area is 173 Å². The molecule has 2 aromatic heterocycles. The molecule has 0 N–H and O–H groups in total. The Hall–Kier alpha value is -2.77. The Kier molecular flexibility index (Phi) is 5.23. The van der Waals surface area contributed by atoms with Crippen LogP contribution in [0.5, 0.6) is 0 Å². The first-order chi connectivity index (χ1) is 14.4. The van der Waals surface area contributed by atoms with Crippen molar-refractivity contribution in [1.29, 1.82) is 0 Å². The van der Waals surface area contributed by atoms with Gasteiger partial charge in [0.05, 0.1) is 26.0 Å². The highest BCUT2D eigenvalue weighted by molar-refractivity contribution is 7.98. The number of rotatable bonds is 6. The Bertz CT molecular complexity index is 1090. The summed E-state index contributed by atoms with van der Waals surface area (Å²) in [6.45, 7) is 3.70. The highest BCUT2D eigenvalue weighted by Crippen LogP contribution is 2.28. The number of hydrogen-bond donors (Lipinski definition) is 0. The van der Waals surface area contributed by atoms with E-state index in [0.29, 0.717) is 19.8 Å². The summed E-state index contributed by atoms with van der Waals surface area (Å²) in [5.41, 5.74) is 1.27. The first-order valence-electron chi connectivity index (χ1n) is 9.75. The molecule has 2 aromatic carbocycles. The van der Waals surface area contributed by atoms with Crippen molar-refractivity contribution in [1.82, 2.24) is 14.8 Å². The summed E-state index contributed by atoms with van der Waals surface area (Å²) in [4.78, 5) is 2.24. The Morgan fingerprint density at radius 2 is 1.79 bits per heavy atom. The second-order valence-corrected chi connectivity index (χ2v) is 7.96. The fourth-order valence-electron chi connectivity index (χ4n) is 3.56. The number of fused-ring (bicyclic) bond motifs is 1. The van der Waals surface area contributed by atoms with Crippen molar-refractivity contribution in [3.63, 3.8) is 0 Å². The lowest BCUT2D eigenvalue weighted by Crippen LogP contribution is -2.38. The predicted molar refractivity (Wildman–Crippen MR) is 114 cm³/mol. The van der Waals surface area contributed by atoms with Crippen LogP contribution in [0.3, 0.4) is 0 Å². The van der Waals surface area contributed by atoms with Gasteiger partial charge in [0.25, 0.3) is 0 Å². The molecule has 3 heterocycles. The SMILES string of the molecule is c1coc(Cn2c(SCc3ccc4ccccc4c3)nnc2N2CCOCC2)c1. The number of nitrogens with zero attached hydrogens (tertiary/aromatic N) is 4. The van der Waals surface area contributed by atoms with Gasteiger partial charge in [0.1, 0.15) is 5.76 Å². The molecule has 0 spiro atoms. The molecule has 0 aliphatic carbocycles. The zero-order valence-electron chi connectivity index (χ0n) is 16.0. The molecule has 7 heteroatoms. The van der Waals surface area contributed by atoms with Crippen molar-refractivity contribution in [3.05, 3.63) is 72.2 Å². The van der Waals surface area contributed by atoms with Gasteiger partial charge in [-0.1, -0.05) is 54.2 Å². The zero-order valence-corrected chi connectivity index (χ0v) is 16.8. The molecule has 0 radical (unpaired) electrons. The molecule has 1 saturated heterocycles. The molecule has 0 bridgehead atoms. The van der Waals surface area contributed by atoms with Crippen molar-refractivity contribution >= 4 is 28.5 Å². The lowest BCUT2D eigenvalue weighted by Gasteiger charge is -2.27. The van der Waals surface area contributed by atoms with Crippen LogP contribution in [0.4, 0.5) is 5.95 Å². The number of benzene rings is 2. The maximum Gasteiger partial charge on any atom is 0.228 e. The van der Waals surface area contributed by atoms with E-state index in [-0.39, 0.29) is 0 Å². The Morgan fingerprint density at radius 3 is 2.62 bits per heavy atom. The molecule has 1 fully saturated rings. The summed E-state index contributed by atoms with van der Waals surface area (Å²) < 4.78 is 13.2. The second kappa shape index (κ2) is 8.31. The molecule has 1 aliphatic heterocycles. The number of thioether (sulfide) groups is 1. The van der Waals surface area contributed by atoms with Crippen LogP contribution in [0.1, 0.15) is 11.3 Å². The number of aromatic nitrogens is 3. The van der Waals surface area contributed by atoms with Gasteiger partial charge >= 0.3 is 0 Å². The summed E-state index contributed by atoms with van der Waals surface area (Å²) in [6, 6.07) is 19.0. The van der Waals surface area contributed by atoms with Crippen molar-refractivity contribution in [2.45, 2.75) is 17.5 Å². The van der Waals surface area contributed by atoms with Gasteiger partial charge in [-0.3, -0.25) is 4.57 Å². The standard InChI is InChI=1S/C22H22N4O2S/c1-2-5-19-14-17(7-8-18(19)4-1)16-29-22-24-23-21(25-9-12-27-13-10-25)26(22)15-20-6-3-11-28-20/h1-8,11,14H,9-10,12-13,15-16H2. The summed E-state index contributed by atoms with van der Waals surface area (Å²) in [7, 11) is 0. The molecule has 0 amide bonds. The lowest BCUT2D eigenvalue weighted by molar-refractivity contribution is 0.121. The molecule has 5 rings (SSSR count). The lowest BCUT2D eigenvalue weighted by atomic mass is 10.1. The van der Waals surface area contributed by atoms with E-state index in [0.717, 1.165) is 35.7 Å². The number of furan rings is 1. The molecular formula is C22H22N4O2S. The van der Waals surface area contributed by atoms with Gasteiger partial charge < -0.3 is 14.1 Å². The number of anilines is 1. The van der Waals surface area contributed by atoms with E-state index in [4.69, 9.17) is 9.15 Å². The van der Waals surface area contributed by atoms with Crippen LogP contribution in [0, 0.1) is 0 Å². The first kappa shape index (κ1) is 18.3. The van der Waals surface area contributed by atoms with Crippen LogP contribution in [0.15, 0.2) is 70.4 Å². The summed E-state index contributed by atoms with van der Waals surface area (Å²) in [6.07, 6.45) is 1.70. The average Bonchev–Trinajstić information content (AvgIpc) is 3.43. The third-order valence-electron chi connectivity index (χ3n) is 5.07. The van der Waals surface area contributed by atoms with Gasteiger partial charge in [-0.2, -0.15) is 0 Å². The minimum Gasteiger partial charge on any atom is -0.467 e. The molecule has 0 saturated carbocycles. The maximum atomic E-state index is 5.59. The summed E-state index contributed by atoms with van der Waals surface area (Å²) in [5.74, 6) is 2.61. The second-order valence-electron chi connectivity index (χ2n) is 7.02. The van der Waals surface area contributed by atoms with Crippen LogP contribution in [0.25, 0.3) is 10.8 Å². The molecule has 29 heavy (non-hydrogen) atoms. The average molecular weight is 407 g/mol. The van der Waals surface area contributed by atoms with Gasteiger partial charge in [0.2, 0.25) is 5.95 Å². The van der Waals surface area contributed by atoms with E-state index in [9.17, 15) is 0 Å². The van der Waals surface area contributed by atoms with Crippen molar-refractivity contribution < 1.29 is 9.15 Å². The number of ether oxygens (including phenoxy) is 1. The van der Waals surface area contributed by atoms with Crippen LogP contribution in [0.2, 0.25) is 0 Å². The fourth-order valence-corrected chi connectivity index (χ4v) is 4.43. The highest BCUT2D eigenvalue weighted by atomic mass is 32.2. The fraction of sp³-hybridized carbons (Fsp3) is 0.273. The van der Waals surface area contributed by atoms with Gasteiger partial charge in [0, 0.05) is 18.8 Å². The minimum absolute atomic E-state index is 0.618. The minimum atomic E-state index is 0.618. The number of hydrogen-bond acceptors (Lipinski definition) is 6. The smallest absolute Gasteiger partial charge is 0.228 e. The molecule has 6 nitrogen and oxygen atoms in total. The topological polar surface area (TPSA) is 56.3 Å². The van der Waals surface area contributed by atoms with Gasteiger partial charge in [0.15, 0.2) is 5.16 Å². The summed E-state index contributed by atoms with van der Waals surface area (Å²) in [5, 5.41) is 12.4. The van der Waals surface area contributed by atoms with E-state index >= 15 is 0 Å². The van der Waals surface area contributed by atoms with E-state index in [1.54, 1.807) is 18.0 Å². The zero-order chi connectivity index (χ0) is 19.5. The first-order valence-corrected chi connectivity index (χ1v) is 10.7. The quantitative estimate of drug-likeness (QED) is 0.447. The highest BCUT2D eigenvalue weighted by Gasteiger charge is 2.21. The van der Waals surface area contributed by atoms with E-state index in [1.165, 1.54) is 16.3 Å². The van der Waals surface area contributed by atoms with E-state index < -0.39 is 0 Å². The molecule has 1 aliphatic rings. The van der Waals surface area contributed by atoms with Gasteiger partial charge in [-0.25, -0.2) is 0 Å². The van der Waals surface area contributed by atoms with E-state index in [1.807, 2.05) is 12.1 Å². The largest absolute Gasteiger partial charge is 0.467 e.